The average Bonchev–Trinajstić information content (AvgIpc) is 3.27. The van der Waals surface area contributed by atoms with Crippen LogP contribution in [0, 0.1) is 6.92 Å². The Morgan fingerprint density at radius 3 is 2.85 bits per heavy atom. The Morgan fingerprint density at radius 2 is 2.12 bits per heavy atom. The van der Waals surface area contributed by atoms with Crippen LogP contribution in [0.1, 0.15) is 24.0 Å². The third kappa shape index (κ3) is 4.97. The Labute approximate surface area is 151 Å². The molecule has 0 radical (unpaired) electrons. The summed E-state index contributed by atoms with van der Waals surface area (Å²) >= 11 is 0. The standard InChI is InChI=1S/C19H21N3O4/c1-13-9-18(22-26-13)21-19(23)14(2)20-16-6-3-5-15(10-16)11-24-12-17-7-4-8-25-17/h3-10,14,20H,11-12H2,1-2H3,(H,21,22,23). The number of furan rings is 1. The van der Waals surface area contributed by atoms with E-state index in [1.807, 2.05) is 36.4 Å². The van der Waals surface area contributed by atoms with Crippen LogP contribution in [0.15, 0.2) is 57.7 Å². The van der Waals surface area contributed by atoms with Crippen LogP contribution in [-0.2, 0) is 22.7 Å². The van der Waals surface area contributed by atoms with E-state index in [4.69, 9.17) is 13.7 Å². The number of ether oxygens (including phenoxy) is 1. The number of aryl methyl sites for hydroxylation is 1. The summed E-state index contributed by atoms with van der Waals surface area (Å²) < 4.78 is 15.8. The summed E-state index contributed by atoms with van der Waals surface area (Å²) in [5.74, 6) is 1.63. The molecule has 0 fully saturated rings. The molecule has 7 nitrogen and oxygen atoms in total. The third-order valence-corrected chi connectivity index (χ3v) is 3.68. The molecular formula is C19H21N3O4. The van der Waals surface area contributed by atoms with Crippen molar-refractivity contribution < 1.29 is 18.5 Å². The molecule has 1 unspecified atom stereocenters. The van der Waals surface area contributed by atoms with E-state index >= 15 is 0 Å². The number of carbonyl (C=O) groups excluding carboxylic acids is 1. The molecule has 26 heavy (non-hydrogen) atoms. The molecule has 136 valence electrons. The van der Waals surface area contributed by atoms with E-state index in [9.17, 15) is 4.79 Å². The molecule has 2 N–H and O–H groups in total. The molecule has 7 heteroatoms. The first-order chi connectivity index (χ1) is 12.6. The van der Waals surface area contributed by atoms with Gasteiger partial charge in [-0.1, -0.05) is 17.3 Å². The summed E-state index contributed by atoms with van der Waals surface area (Å²) in [6, 6.07) is 12.7. The molecule has 1 aromatic carbocycles. The summed E-state index contributed by atoms with van der Waals surface area (Å²) in [4.78, 5) is 12.2. The summed E-state index contributed by atoms with van der Waals surface area (Å²) in [6.45, 7) is 4.42. The minimum Gasteiger partial charge on any atom is -0.467 e. The molecule has 0 aliphatic heterocycles. The highest BCUT2D eigenvalue weighted by molar-refractivity contribution is 5.95. The van der Waals surface area contributed by atoms with Gasteiger partial charge in [0.2, 0.25) is 5.91 Å². The SMILES string of the molecule is Cc1cc(NC(=O)C(C)Nc2cccc(COCc3ccco3)c2)no1. The number of benzene rings is 1. The second-order valence-electron chi connectivity index (χ2n) is 5.95. The Morgan fingerprint density at radius 1 is 1.23 bits per heavy atom. The van der Waals surface area contributed by atoms with Gasteiger partial charge in [0.15, 0.2) is 5.82 Å². The average molecular weight is 355 g/mol. The van der Waals surface area contributed by atoms with Gasteiger partial charge in [-0.25, -0.2) is 0 Å². The molecule has 1 atom stereocenters. The lowest BCUT2D eigenvalue weighted by molar-refractivity contribution is -0.116. The largest absolute Gasteiger partial charge is 0.467 e. The highest BCUT2D eigenvalue weighted by Gasteiger charge is 2.14. The van der Waals surface area contributed by atoms with Gasteiger partial charge in [-0.05, 0) is 43.7 Å². The molecule has 2 heterocycles. The Balaban J connectivity index is 1.51. The maximum atomic E-state index is 12.2. The van der Waals surface area contributed by atoms with Crippen molar-refractivity contribution in [2.45, 2.75) is 33.1 Å². The molecule has 0 saturated carbocycles. The fourth-order valence-corrected chi connectivity index (χ4v) is 2.39. The van der Waals surface area contributed by atoms with Gasteiger partial charge in [0.05, 0.1) is 12.9 Å². The highest BCUT2D eigenvalue weighted by atomic mass is 16.5. The van der Waals surface area contributed by atoms with Crippen LogP contribution in [0.2, 0.25) is 0 Å². The minimum atomic E-state index is -0.439. The molecular weight excluding hydrogens is 334 g/mol. The lowest BCUT2D eigenvalue weighted by Crippen LogP contribution is -2.32. The van der Waals surface area contributed by atoms with Crippen LogP contribution in [0.5, 0.6) is 0 Å². The predicted octanol–water partition coefficient (Wildman–Crippen LogP) is 3.73. The second kappa shape index (κ2) is 8.35. The summed E-state index contributed by atoms with van der Waals surface area (Å²) in [6.07, 6.45) is 1.62. The van der Waals surface area contributed by atoms with Gasteiger partial charge >= 0.3 is 0 Å². The molecule has 0 saturated heterocycles. The van der Waals surface area contributed by atoms with Crippen LogP contribution in [-0.4, -0.2) is 17.1 Å². The van der Waals surface area contributed by atoms with Crippen LogP contribution in [0.3, 0.4) is 0 Å². The van der Waals surface area contributed by atoms with Gasteiger partial charge in [0, 0.05) is 11.8 Å². The highest BCUT2D eigenvalue weighted by Crippen LogP contribution is 2.15. The van der Waals surface area contributed by atoms with Crippen LogP contribution >= 0.6 is 0 Å². The summed E-state index contributed by atoms with van der Waals surface area (Å²) in [5.41, 5.74) is 1.84. The lowest BCUT2D eigenvalue weighted by Gasteiger charge is -2.15. The predicted molar refractivity (Wildman–Crippen MR) is 96.6 cm³/mol. The van der Waals surface area contributed by atoms with E-state index < -0.39 is 6.04 Å². The minimum absolute atomic E-state index is 0.197. The number of nitrogens with zero attached hydrogens (tertiary/aromatic N) is 1. The third-order valence-electron chi connectivity index (χ3n) is 3.68. The van der Waals surface area contributed by atoms with Gasteiger partial charge < -0.3 is 24.3 Å². The van der Waals surface area contributed by atoms with E-state index in [2.05, 4.69) is 15.8 Å². The molecule has 3 rings (SSSR count). The second-order valence-corrected chi connectivity index (χ2v) is 5.95. The molecule has 0 aliphatic carbocycles. The normalized spacial score (nSPS) is 11.9. The molecule has 1 amide bonds. The van der Waals surface area contributed by atoms with Gasteiger partial charge in [0.1, 0.15) is 24.2 Å². The zero-order valence-corrected chi connectivity index (χ0v) is 14.7. The van der Waals surface area contributed by atoms with Crippen molar-refractivity contribution in [1.29, 1.82) is 0 Å². The smallest absolute Gasteiger partial charge is 0.247 e. The molecule has 0 spiro atoms. The monoisotopic (exact) mass is 355 g/mol. The number of hydrogen-bond acceptors (Lipinski definition) is 6. The maximum Gasteiger partial charge on any atom is 0.247 e. The van der Waals surface area contributed by atoms with E-state index in [0.717, 1.165) is 17.0 Å². The number of hydrogen-bond donors (Lipinski definition) is 2. The number of carbonyl (C=O) groups is 1. The van der Waals surface area contributed by atoms with Crippen molar-refractivity contribution in [2.75, 3.05) is 10.6 Å². The summed E-state index contributed by atoms with van der Waals surface area (Å²) in [5, 5.41) is 9.63. The van der Waals surface area contributed by atoms with Crippen LogP contribution < -0.4 is 10.6 Å². The van der Waals surface area contributed by atoms with Crippen molar-refractivity contribution in [3.05, 3.63) is 65.8 Å². The van der Waals surface area contributed by atoms with E-state index in [0.29, 0.717) is 24.8 Å². The van der Waals surface area contributed by atoms with Gasteiger partial charge in [-0.2, -0.15) is 0 Å². The number of anilines is 2. The van der Waals surface area contributed by atoms with Crippen molar-refractivity contribution in [3.63, 3.8) is 0 Å². The van der Waals surface area contributed by atoms with Crippen LogP contribution in [0.25, 0.3) is 0 Å². The van der Waals surface area contributed by atoms with Crippen molar-refractivity contribution in [2.24, 2.45) is 0 Å². The first-order valence-electron chi connectivity index (χ1n) is 8.30. The molecule has 2 aromatic heterocycles. The molecule has 0 aliphatic rings. The van der Waals surface area contributed by atoms with Crippen molar-refractivity contribution in [1.82, 2.24) is 5.16 Å². The quantitative estimate of drug-likeness (QED) is 0.640. The number of nitrogens with one attached hydrogen (secondary N) is 2. The maximum absolute atomic E-state index is 12.2. The first kappa shape index (κ1) is 17.8. The van der Waals surface area contributed by atoms with Crippen LogP contribution in [0.4, 0.5) is 11.5 Å². The zero-order valence-electron chi connectivity index (χ0n) is 14.7. The van der Waals surface area contributed by atoms with E-state index in [-0.39, 0.29) is 5.91 Å². The topological polar surface area (TPSA) is 89.5 Å². The summed E-state index contributed by atoms with van der Waals surface area (Å²) in [7, 11) is 0. The van der Waals surface area contributed by atoms with Gasteiger partial charge in [0.25, 0.3) is 0 Å². The van der Waals surface area contributed by atoms with Gasteiger partial charge in [-0.15, -0.1) is 0 Å². The van der Waals surface area contributed by atoms with E-state index in [1.54, 1.807) is 26.2 Å². The molecule has 3 aromatic rings. The fourth-order valence-electron chi connectivity index (χ4n) is 2.39. The first-order valence-corrected chi connectivity index (χ1v) is 8.30. The molecule has 0 bridgehead atoms. The van der Waals surface area contributed by atoms with Gasteiger partial charge in [-0.3, -0.25) is 4.79 Å². The number of aromatic nitrogens is 1. The number of amides is 1. The van der Waals surface area contributed by atoms with Crippen molar-refractivity contribution in [3.8, 4) is 0 Å². The zero-order chi connectivity index (χ0) is 18.4. The Hall–Kier alpha value is -3.06. The fraction of sp³-hybridized carbons (Fsp3) is 0.263. The Bertz CT molecular complexity index is 842. The van der Waals surface area contributed by atoms with Crippen molar-refractivity contribution >= 4 is 17.4 Å². The van der Waals surface area contributed by atoms with E-state index in [1.165, 1.54) is 0 Å². The Kier molecular flexibility index (Phi) is 5.70. The lowest BCUT2D eigenvalue weighted by atomic mass is 10.2. The number of rotatable bonds is 8.